The molecule has 1 aromatic rings. The molecule has 0 bridgehead atoms. The smallest absolute Gasteiger partial charge is 0.239 e. The van der Waals surface area contributed by atoms with Crippen LogP contribution in [-0.4, -0.2) is 66.8 Å². The molecule has 0 radical (unpaired) electrons. The lowest BCUT2D eigenvalue weighted by Crippen LogP contribution is -2.46. The Morgan fingerprint density at radius 1 is 1.38 bits per heavy atom. The van der Waals surface area contributed by atoms with Crippen LogP contribution in [0.1, 0.15) is 18.6 Å². The van der Waals surface area contributed by atoms with E-state index in [9.17, 15) is 9.59 Å². The normalized spacial score (nSPS) is 18.7. The molecule has 21 heavy (non-hydrogen) atoms. The van der Waals surface area contributed by atoms with Gasteiger partial charge in [0.2, 0.25) is 11.8 Å². The molecule has 1 aliphatic heterocycles. The van der Waals surface area contributed by atoms with Gasteiger partial charge in [-0.15, -0.1) is 0 Å². The molecule has 1 aliphatic rings. The van der Waals surface area contributed by atoms with Gasteiger partial charge in [0.25, 0.3) is 0 Å². The summed E-state index contributed by atoms with van der Waals surface area (Å²) in [7, 11) is 5.26. The van der Waals surface area contributed by atoms with Gasteiger partial charge in [0.05, 0.1) is 25.4 Å². The van der Waals surface area contributed by atoms with E-state index in [0.717, 1.165) is 25.1 Å². The van der Waals surface area contributed by atoms with Gasteiger partial charge >= 0.3 is 0 Å². The molecule has 2 heterocycles. The molecule has 0 aromatic carbocycles. The zero-order chi connectivity index (χ0) is 15.4. The number of furan rings is 1. The van der Waals surface area contributed by atoms with Crippen molar-refractivity contribution in [3.63, 3.8) is 0 Å². The lowest BCUT2D eigenvalue weighted by Gasteiger charge is -2.27. The number of likely N-dealkylation sites (tertiary alicyclic amines) is 1. The van der Waals surface area contributed by atoms with Crippen molar-refractivity contribution in [2.45, 2.75) is 25.4 Å². The van der Waals surface area contributed by atoms with Crippen molar-refractivity contribution < 1.29 is 14.0 Å². The second-order valence-corrected chi connectivity index (χ2v) is 5.69. The third-order valence-electron chi connectivity index (χ3n) is 3.83. The SMILES string of the molecule is CN(C)C(=O)C1CCCN1CC(=O)N(C)Cc1ccco1. The first kappa shape index (κ1) is 15.6. The quantitative estimate of drug-likeness (QED) is 0.805. The number of rotatable bonds is 5. The maximum Gasteiger partial charge on any atom is 0.239 e. The highest BCUT2D eigenvalue weighted by atomic mass is 16.3. The average Bonchev–Trinajstić information content (AvgIpc) is 3.09. The Kier molecular flexibility index (Phi) is 5.01. The largest absolute Gasteiger partial charge is 0.467 e. The highest BCUT2D eigenvalue weighted by Crippen LogP contribution is 2.18. The number of carbonyl (C=O) groups is 2. The highest BCUT2D eigenvalue weighted by molar-refractivity contribution is 5.83. The first-order chi connectivity index (χ1) is 9.99. The van der Waals surface area contributed by atoms with E-state index < -0.39 is 0 Å². The molecular formula is C15H23N3O3. The van der Waals surface area contributed by atoms with Gasteiger partial charge < -0.3 is 14.2 Å². The van der Waals surface area contributed by atoms with Crippen LogP contribution in [0.5, 0.6) is 0 Å². The molecule has 1 fully saturated rings. The molecular weight excluding hydrogens is 270 g/mol. The maximum absolute atomic E-state index is 12.3. The zero-order valence-corrected chi connectivity index (χ0v) is 12.9. The van der Waals surface area contributed by atoms with Crippen molar-refractivity contribution >= 4 is 11.8 Å². The van der Waals surface area contributed by atoms with Crippen LogP contribution < -0.4 is 0 Å². The van der Waals surface area contributed by atoms with Crippen molar-refractivity contribution in [3.05, 3.63) is 24.2 Å². The second kappa shape index (κ2) is 6.76. The van der Waals surface area contributed by atoms with Crippen LogP contribution in [0.25, 0.3) is 0 Å². The third-order valence-corrected chi connectivity index (χ3v) is 3.83. The monoisotopic (exact) mass is 293 g/mol. The number of nitrogens with zero attached hydrogens (tertiary/aromatic N) is 3. The Labute approximate surface area is 125 Å². The minimum atomic E-state index is -0.166. The van der Waals surface area contributed by atoms with Gasteiger partial charge in [0.1, 0.15) is 5.76 Å². The first-order valence-electron chi connectivity index (χ1n) is 7.20. The molecule has 6 nitrogen and oxygen atoms in total. The molecule has 6 heteroatoms. The van der Waals surface area contributed by atoms with Gasteiger partial charge in [-0.05, 0) is 31.5 Å². The number of hydrogen-bond acceptors (Lipinski definition) is 4. The molecule has 2 amide bonds. The molecule has 1 atom stereocenters. The number of likely N-dealkylation sites (N-methyl/N-ethyl adjacent to an activating group) is 2. The summed E-state index contributed by atoms with van der Waals surface area (Å²) in [4.78, 5) is 29.6. The van der Waals surface area contributed by atoms with Gasteiger partial charge in [-0.3, -0.25) is 14.5 Å². The molecule has 0 aliphatic carbocycles. The van der Waals surface area contributed by atoms with Crippen LogP contribution in [0.3, 0.4) is 0 Å². The van der Waals surface area contributed by atoms with Crippen molar-refractivity contribution in [2.75, 3.05) is 34.2 Å². The summed E-state index contributed by atoms with van der Waals surface area (Å²) in [6.45, 7) is 1.53. The Morgan fingerprint density at radius 2 is 2.14 bits per heavy atom. The fourth-order valence-electron chi connectivity index (χ4n) is 2.61. The van der Waals surface area contributed by atoms with Crippen LogP contribution >= 0.6 is 0 Å². The van der Waals surface area contributed by atoms with Crippen LogP contribution in [0, 0.1) is 0 Å². The summed E-state index contributed by atoms with van der Waals surface area (Å²) >= 11 is 0. The minimum absolute atomic E-state index is 0.00450. The van der Waals surface area contributed by atoms with Crippen molar-refractivity contribution in [2.24, 2.45) is 0 Å². The standard InChI is InChI=1S/C15H23N3O3/c1-16(2)15(20)13-7-4-8-18(13)11-14(19)17(3)10-12-6-5-9-21-12/h5-6,9,13H,4,7-8,10-11H2,1-3H3. The summed E-state index contributed by atoms with van der Waals surface area (Å²) in [5, 5.41) is 0. The Hall–Kier alpha value is -1.82. The van der Waals surface area contributed by atoms with Crippen molar-refractivity contribution in [1.82, 2.24) is 14.7 Å². The van der Waals surface area contributed by atoms with Gasteiger partial charge in [0, 0.05) is 21.1 Å². The fraction of sp³-hybridized carbons (Fsp3) is 0.600. The van der Waals surface area contributed by atoms with E-state index >= 15 is 0 Å². The lowest BCUT2D eigenvalue weighted by molar-refractivity contribution is -0.136. The first-order valence-corrected chi connectivity index (χ1v) is 7.20. The molecule has 0 saturated carbocycles. The Bertz CT molecular complexity index is 484. The lowest BCUT2D eigenvalue weighted by atomic mass is 10.2. The third kappa shape index (κ3) is 3.85. The highest BCUT2D eigenvalue weighted by Gasteiger charge is 2.33. The predicted molar refractivity (Wildman–Crippen MR) is 78.5 cm³/mol. The molecule has 116 valence electrons. The topological polar surface area (TPSA) is 57.0 Å². The molecule has 1 unspecified atom stereocenters. The molecule has 0 spiro atoms. The molecule has 2 rings (SSSR count). The molecule has 1 aromatic heterocycles. The van der Waals surface area contributed by atoms with Crippen LogP contribution in [0.15, 0.2) is 22.8 Å². The van der Waals surface area contributed by atoms with Crippen LogP contribution in [0.2, 0.25) is 0 Å². The fourth-order valence-corrected chi connectivity index (χ4v) is 2.61. The van der Waals surface area contributed by atoms with E-state index in [4.69, 9.17) is 4.42 Å². The van der Waals surface area contributed by atoms with E-state index in [-0.39, 0.29) is 24.4 Å². The predicted octanol–water partition coefficient (Wildman–Crippen LogP) is 0.791. The van der Waals surface area contributed by atoms with Gasteiger partial charge in [-0.2, -0.15) is 0 Å². The molecule has 1 saturated heterocycles. The summed E-state index contributed by atoms with van der Waals surface area (Å²) < 4.78 is 5.25. The van der Waals surface area contributed by atoms with E-state index in [1.54, 1.807) is 43.3 Å². The Morgan fingerprint density at radius 3 is 2.76 bits per heavy atom. The van der Waals surface area contributed by atoms with Crippen LogP contribution in [0.4, 0.5) is 0 Å². The summed E-state index contributed by atoms with van der Waals surface area (Å²) in [5.74, 6) is 0.840. The summed E-state index contributed by atoms with van der Waals surface area (Å²) in [6.07, 6.45) is 3.38. The van der Waals surface area contributed by atoms with Gasteiger partial charge in [-0.1, -0.05) is 0 Å². The van der Waals surface area contributed by atoms with Crippen LogP contribution in [-0.2, 0) is 16.1 Å². The minimum Gasteiger partial charge on any atom is -0.467 e. The van der Waals surface area contributed by atoms with Crippen molar-refractivity contribution in [3.8, 4) is 0 Å². The van der Waals surface area contributed by atoms with E-state index in [1.807, 2.05) is 11.0 Å². The van der Waals surface area contributed by atoms with Crippen molar-refractivity contribution in [1.29, 1.82) is 0 Å². The second-order valence-electron chi connectivity index (χ2n) is 5.69. The zero-order valence-electron chi connectivity index (χ0n) is 12.9. The van der Waals surface area contributed by atoms with Gasteiger partial charge in [0.15, 0.2) is 0 Å². The van der Waals surface area contributed by atoms with E-state index in [2.05, 4.69) is 0 Å². The number of amides is 2. The van der Waals surface area contributed by atoms with Gasteiger partial charge in [-0.25, -0.2) is 0 Å². The summed E-state index contributed by atoms with van der Waals surface area (Å²) in [5.41, 5.74) is 0. The van der Waals surface area contributed by atoms with E-state index in [0.29, 0.717) is 6.54 Å². The van der Waals surface area contributed by atoms with E-state index in [1.165, 1.54) is 0 Å². The number of hydrogen-bond donors (Lipinski definition) is 0. The Balaban J connectivity index is 1.90. The molecule has 0 N–H and O–H groups in total. The number of carbonyl (C=O) groups excluding carboxylic acids is 2. The summed E-state index contributed by atoms with van der Waals surface area (Å²) in [6, 6.07) is 3.48. The average molecular weight is 293 g/mol. The maximum atomic E-state index is 12.3.